The molecule has 1 rings (SSSR count). The minimum absolute atomic E-state index is 0.487. The maximum absolute atomic E-state index is 10.6. The molecule has 4 nitrogen and oxygen atoms in total. The van der Waals surface area contributed by atoms with Crippen LogP contribution in [0.1, 0.15) is 5.56 Å². The maximum atomic E-state index is 10.6. The van der Waals surface area contributed by atoms with Gasteiger partial charge in [0.05, 0.1) is 12.8 Å². The number of hydrogen-bond acceptors (Lipinski definition) is 2. The van der Waals surface area contributed by atoms with Crippen molar-refractivity contribution in [3.8, 4) is 5.75 Å². The summed E-state index contributed by atoms with van der Waals surface area (Å²) in [7, 11) is 1.50. The van der Waals surface area contributed by atoms with Crippen molar-refractivity contribution in [1.29, 1.82) is 0 Å². The summed E-state index contributed by atoms with van der Waals surface area (Å²) in [5.74, 6) is 1.03. The first kappa shape index (κ1) is 12.3. The van der Waals surface area contributed by atoms with E-state index >= 15 is 0 Å². The number of alkyl halides is 1. The van der Waals surface area contributed by atoms with Gasteiger partial charge < -0.3 is 4.74 Å². The van der Waals surface area contributed by atoms with E-state index in [-0.39, 0.29) is 0 Å². The van der Waals surface area contributed by atoms with Gasteiger partial charge in [-0.3, -0.25) is 9.27 Å². The lowest BCUT2D eigenvalue weighted by Crippen LogP contribution is -2.04. The third-order valence-electron chi connectivity index (χ3n) is 1.84. The van der Waals surface area contributed by atoms with Crippen LogP contribution in [0.5, 0.6) is 5.75 Å². The number of rotatable bonds is 5. The zero-order chi connectivity index (χ0) is 11.3. The quantitative estimate of drug-likeness (QED) is 0.620. The monoisotopic (exact) mass is 249 g/mol. The predicted molar refractivity (Wildman–Crippen MR) is 61.8 cm³/mol. The highest BCUT2D eigenvalue weighted by Crippen LogP contribution is 2.26. The van der Waals surface area contributed by atoms with Crippen molar-refractivity contribution in [3.63, 3.8) is 0 Å². The largest absolute Gasteiger partial charge is 0.495 e. The van der Waals surface area contributed by atoms with Crippen LogP contribution in [0.3, 0.4) is 0 Å². The van der Waals surface area contributed by atoms with E-state index in [1.165, 1.54) is 7.11 Å². The first-order valence-corrected chi connectivity index (χ1v) is 5.92. The van der Waals surface area contributed by atoms with Crippen molar-refractivity contribution in [2.45, 2.75) is 6.42 Å². The van der Waals surface area contributed by atoms with Crippen LogP contribution in [0.15, 0.2) is 18.2 Å². The molecule has 0 spiro atoms. The number of halogens is 1. The van der Waals surface area contributed by atoms with E-state index in [0.29, 0.717) is 23.7 Å². The number of nitrogens with one attached hydrogen (secondary N) is 1. The van der Waals surface area contributed by atoms with Gasteiger partial charge >= 0.3 is 0 Å². The van der Waals surface area contributed by atoms with Gasteiger partial charge in [0, 0.05) is 5.88 Å². The van der Waals surface area contributed by atoms with Crippen LogP contribution < -0.4 is 9.46 Å². The van der Waals surface area contributed by atoms with Crippen LogP contribution in [0, 0.1) is 0 Å². The van der Waals surface area contributed by atoms with E-state index < -0.39 is 11.3 Å². The summed E-state index contributed by atoms with van der Waals surface area (Å²) in [5.41, 5.74) is 1.47. The predicted octanol–water partition coefficient (Wildman–Crippen LogP) is 2.03. The number of ether oxygens (including phenoxy) is 1. The van der Waals surface area contributed by atoms with Gasteiger partial charge in [-0.2, -0.15) is 0 Å². The molecular formula is C9H12ClNO3S. The topological polar surface area (TPSA) is 58.6 Å². The summed E-state index contributed by atoms with van der Waals surface area (Å²) < 4.78 is 26.8. The summed E-state index contributed by atoms with van der Waals surface area (Å²) in [5, 5.41) is 0. The Labute approximate surface area is 96.0 Å². The molecule has 84 valence electrons. The molecule has 0 aliphatic heterocycles. The average molecular weight is 250 g/mol. The lowest BCUT2D eigenvalue weighted by Gasteiger charge is -2.09. The Bertz CT molecular complexity index is 359. The summed E-state index contributed by atoms with van der Waals surface area (Å²) in [6.07, 6.45) is 0.707. The molecule has 1 aromatic carbocycles. The van der Waals surface area contributed by atoms with Crippen LogP contribution in [0.25, 0.3) is 0 Å². The first-order valence-electron chi connectivity index (χ1n) is 4.27. The number of anilines is 1. The normalized spacial score (nSPS) is 12.2. The van der Waals surface area contributed by atoms with Crippen molar-refractivity contribution >= 4 is 28.6 Å². The van der Waals surface area contributed by atoms with Crippen LogP contribution in [0.4, 0.5) is 5.69 Å². The summed E-state index contributed by atoms with van der Waals surface area (Å²) in [4.78, 5) is 0. The molecule has 0 saturated carbocycles. The lowest BCUT2D eigenvalue weighted by molar-refractivity contribution is 0.416. The second-order valence-corrected chi connectivity index (χ2v) is 3.91. The fourth-order valence-corrected chi connectivity index (χ4v) is 1.76. The molecule has 0 aliphatic rings. The van der Waals surface area contributed by atoms with E-state index in [9.17, 15) is 4.21 Å². The highest BCUT2D eigenvalue weighted by Gasteiger charge is 2.05. The Morgan fingerprint density at radius 1 is 1.60 bits per heavy atom. The van der Waals surface area contributed by atoms with Crippen molar-refractivity contribution in [1.82, 2.24) is 0 Å². The van der Waals surface area contributed by atoms with Crippen molar-refractivity contribution in [2.75, 3.05) is 17.7 Å². The molecular weight excluding hydrogens is 238 g/mol. The fourth-order valence-electron chi connectivity index (χ4n) is 1.19. The molecule has 1 aromatic rings. The summed E-state index contributed by atoms with van der Waals surface area (Å²) >= 11 is 3.50. The highest BCUT2D eigenvalue weighted by molar-refractivity contribution is 7.80. The third kappa shape index (κ3) is 3.70. The number of aryl methyl sites for hydroxylation is 1. The van der Waals surface area contributed by atoms with E-state index in [1.54, 1.807) is 12.1 Å². The van der Waals surface area contributed by atoms with Crippen LogP contribution in [-0.4, -0.2) is 21.8 Å². The van der Waals surface area contributed by atoms with Gasteiger partial charge in [-0.1, -0.05) is 6.07 Å². The molecule has 2 N–H and O–H groups in total. The molecule has 0 aromatic heterocycles. The zero-order valence-corrected chi connectivity index (χ0v) is 9.77. The second-order valence-electron chi connectivity index (χ2n) is 2.82. The molecule has 15 heavy (non-hydrogen) atoms. The SMILES string of the molecule is COc1ccc(CCCl)cc1NS(=O)O. The molecule has 1 atom stereocenters. The van der Waals surface area contributed by atoms with Crippen LogP contribution in [-0.2, 0) is 17.7 Å². The van der Waals surface area contributed by atoms with Gasteiger partial charge in [-0.05, 0) is 24.1 Å². The Hall–Kier alpha value is -0.780. The molecule has 6 heteroatoms. The number of hydrogen-bond donors (Lipinski definition) is 2. The van der Waals surface area contributed by atoms with Gasteiger partial charge in [0.15, 0.2) is 0 Å². The fraction of sp³-hybridized carbons (Fsp3) is 0.333. The van der Waals surface area contributed by atoms with Crippen LogP contribution in [0.2, 0.25) is 0 Å². The molecule has 1 unspecified atom stereocenters. The van der Waals surface area contributed by atoms with Gasteiger partial charge in [0.25, 0.3) is 11.3 Å². The average Bonchev–Trinajstić information content (AvgIpc) is 2.18. The molecule has 0 fully saturated rings. The maximum Gasteiger partial charge on any atom is 0.259 e. The van der Waals surface area contributed by atoms with Gasteiger partial charge in [0.1, 0.15) is 5.75 Å². The summed E-state index contributed by atoms with van der Waals surface area (Å²) in [6, 6.07) is 5.35. The molecule has 0 aliphatic carbocycles. The standard InChI is InChI=1S/C9H12ClNO3S/c1-14-9-3-2-7(4-5-10)6-8(9)11-15(12)13/h2-3,6,11H,4-5H2,1H3,(H,12,13). The van der Waals surface area contributed by atoms with E-state index in [2.05, 4.69) is 4.72 Å². The third-order valence-corrected chi connectivity index (χ3v) is 2.43. The number of methoxy groups -OCH3 is 1. The zero-order valence-electron chi connectivity index (χ0n) is 8.20. The molecule has 0 saturated heterocycles. The van der Waals surface area contributed by atoms with Crippen molar-refractivity contribution in [2.24, 2.45) is 0 Å². The molecule has 0 bridgehead atoms. The minimum atomic E-state index is -2.10. The summed E-state index contributed by atoms with van der Waals surface area (Å²) in [6.45, 7) is 0. The Morgan fingerprint density at radius 2 is 2.33 bits per heavy atom. The van der Waals surface area contributed by atoms with Crippen molar-refractivity contribution in [3.05, 3.63) is 23.8 Å². The second kappa shape index (κ2) is 5.95. The van der Waals surface area contributed by atoms with E-state index in [0.717, 1.165) is 5.56 Å². The first-order chi connectivity index (χ1) is 7.17. The van der Waals surface area contributed by atoms with E-state index in [1.807, 2.05) is 6.07 Å². The van der Waals surface area contributed by atoms with E-state index in [4.69, 9.17) is 20.9 Å². The van der Waals surface area contributed by atoms with Gasteiger partial charge in [-0.25, -0.2) is 4.21 Å². The minimum Gasteiger partial charge on any atom is -0.495 e. The van der Waals surface area contributed by atoms with Crippen molar-refractivity contribution < 1.29 is 13.5 Å². The smallest absolute Gasteiger partial charge is 0.259 e. The Kier molecular flexibility index (Phi) is 4.87. The highest BCUT2D eigenvalue weighted by atomic mass is 35.5. The lowest BCUT2D eigenvalue weighted by atomic mass is 10.1. The molecule has 0 amide bonds. The van der Waals surface area contributed by atoms with Crippen LogP contribution >= 0.6 is 11.6 Å². The van der Waals surface area contributed by atoms with Gasteiger partial charge in [-0.15, -0.1) is 11.6 Å². The Morgan fingerprint density at radius 3 is 2.87 bits per heavy atom. The van der Waals surface area contributed by atoms with Gasteiger partial charge in [0.2, 0.25) is 0 Å². The number of benzene rings is 1. The Balaban J connectivity index is 2.96. The molecule has 0 heterocycles. The molecule has 0 radical (unpaired) electrons.